The van der Waals surface area contributed by atoms with Gasteiger partial charge in [-0.3, -0.25) is 14.4 Å². The van der Waals surface area contributed by atoms with Crippen molar-refractivity contribution >= 4 is 45.9 Å². The third-order valence-corrected chi connectivity index (χ3v) is 5.68. The van der Waals surface area contributed by atoms with Crippen LogP contribution in [0.4, 0.5) is 0 Å². The van der Waals surface area contributed by atoms with E-state index in [1.807, 2.05) is 6.07 Å². The van der Waals surface area contributed by atoms with Crippen LogP contribution in [0.15, 0.2) is 53.3 Å². The molecule has 4 rings (SSSR count). The van der Waals surface area contributed by atoms with E-state index in [1.54, 1.807) is 46.2 Å². The summed E-state index contributed by atoms with van der Waals surface area (Å²) in [5.41, 5.74) is 0.652. The molecule has 0 aliphatic carbocycles. The number of amides is 2. The number of hydrogen-bond donors (Lipinski definition) is 1. The molecule has 7 nitrogen and oxygen atoms in total. The summed E-state index contributed by atoms with van der Waals surface area (Å²) in [6.07, 6.45) is 0. The highest BCUT2D eigenvalue weighted by Gasteiger charge is 2.26. The van der Waals surface area contributed by atoms with Crippen LogP contribution < -0.4 is 10.3 Å². The van der Waals surface area contributed by atoms with Gasteiger partial charge in [-0.05, 0) is 24.3 Å². The van der Waals surface area contributed by atoms with E-state index >= 15 is 0 Å². The molecule has 1 fully saturated rings. The Bertz CT molecular complexity index is 1200. The second-order valence-electron chi connectivity index (χ2n) is 7.13. The first-order valence-corrected chi connectivity index (χ1v) is 10.4. The zero-order chi connectivity index (χ0) is 22.0. The first-order valence-electron chi connectivity index (χ1n) is 9.69. The molecule has 9 heteroatoms. The Morgan fingerprint density at radius 1 is 0.968 bits per heavy atom. The second kappa shape index (κ2) is 8.99. The van der Waals surface area contributed by atoms with Crippen molar-refractivity contribution in [3.05, 3.63) is 74.5 Å². The van der Waals surface area contributed by atoms with E-state index in [2.05, 4.69) is 4.98 Å². The average Bonchev–Trinajstić information content (AvgIpc) is 2.77. The highest BCUT2D eigenvalue weighted by molar-refractivity contribution is 6.35. The molecule has 1 aromatic heterocycles. The number of H-pyrrole nitrogens is 1. The molecule has 31 heavy (non-hydrogen) atoms. The number of fused-ring (bicyclic) bond motifs is 1. The maximum absolute atomic E-state index is 13.0. The Balaban J connectivity index is 1.38. The third-order valence-electron chi connectivity index (χ3n) is 5.15. The molecule has 3 aromatic rings. The van der Waals surface area contributed by atoms with E-state index in [9.17, 15) is 14.4 Å². The van der Waals surface area contributed by atoms with Gasteiger partial charge < -0.3 is 19.5 Å². The number of nitrogens with one attached hydrogen (secondary N) is 1. The van der Waals surface area contributed by atoms with Crippen LogP contribution in [-0.2, 0) is 4.79 Å². The lowest BCUT2D eigenvalue weighted by molar-refractivity contribution is -0.134. The van der Waals surface area contributed by atoms with Gasteiger partial charge in [0.05, 0.1) is 10.6 Å². The first kappa shape index (κ1) is 21.2. The number of carbonyl (C=O) groups excluding carboxylic acids is 2. The number of hydrogen-bond acceptors (Lipinski definition) is 4. The topological polar surface area (TPSA) is 82.7 Å². The predicted molar refractivity (Wildman–Crippen MR) is 119 cm³/mol. The van der Waals surface area contributed by atoms with Crippen molar-refractivity contribution in [3.63, 3.8) is 0 Å². The minimum absolute atomic E-state index is 0.159. The molecule has 1 aliphatic rings. The number of aromatic amines is 1. The number of ether oxygens (including phenoxy) is 1. The number of benzene rings is 2. The van der Waals surface area contributed by atoms with Gasteiger partial charge in [-0.1, -0.05) is 41.4 Å². The molecule has 160 valence electrons. The summed E-state index contributed by atoms with van der Waals surface area (Å²) in [5.74, 6) is -0.0345. The molecule has 0 saturated carbocycles. The Labute approximate surface area is 188 Å². The largest absolute Gasteiger partial charge is 0.482 e. The van der Waals surface area contributed by atoms with Crippen LogP contribution in [0.25, 0.3) is 10.9 Å². The summed E-state index contributed by atoms with van der Waals surface area (Å²) in [5, 5.41) is 1.51. The van der Waals surface area contributed by atoms with Crippen LogP contribution in [0.3, 0.4) is 0 Å². The van der Waals surface area contributed by atoms with Gasteiger partial charge in [0.25, 0.3) is 11.8 Å². The lowest BCUT2D eigenvalue weighted by Crippen LogP contribution is -2.51. The van der Waals surface area contributed by atoms with E-state index in [0.717, 1.165) is 0 Å². The summed E-state index contributed by atoms with van der Waals surface area (Å²) >= 11 is 11.9. The molecule has 1 aliphatic heterocycles. The minimum atomic E-state index is -0.325. The van der Waals surface area contributed by atoms with Crippen molar-refractivity contribution in [2.45, 2.75) is 0 Å². The fourth-order valence-corrected chi connectivity index (χ4v) is 4.00. The van der Waals surface area contributed by atoms with Crippen molar-refractivity contribution in [1.82, 2.24) is 14.8 Å². The maximum Gasteiger partial charge on any atom is 0.260 e. The lowest BCUT2D eigenvalue weighted by Gasteiger charge is -2.34. The quantitative estimate of drug-likeness (QED) is 0.649. The highest BCUT2D eigenvalue weighted by Crippen LogP contribution is 2.27. The zero-order valence-electron chi connectivity index (χ0n) is 16.4. The fraction of sp³-hybridized carbons (Fsp3) is 0.227. The molecule has 2 aromatic carbocycles. The number of para-hydroxylation sites is 1. The summed E-state index contributed by atoms with van der Waals surface area (Å²) in [4.78, 5) is 43.5. The van der Waals surface area contributed by atoms with Gasteiger partial charge in [-0.25, -0.2) is 0 Å². The first-order chi connectivity index (χ1) is 14.9. The molecular weight excluding hydrogens is 441 g/mol. The SMILES string of the molecule is O=C(COc1ccc(Cl)cc1Cl)N1CCN(C(=O)c2cc(=O)[nH]c3ccccc23)CC1. The molecular formula is C22H19Cl2N3O4. The Kier molecular flexibility index (Phi) is 6.15. The molecule has 0 unspecified atom stereocenters. The van der Waals surface area contributed by atoms with E-state index < -0.39 is 0 Å². The van der Waals surface area contributed by atoms with Crippen LogP contribution in [0.5, 0.6) is 5.75 Å². The molecule has 2 heterocycles. The van der Waals surface area contributed by atoms with Gasteiger partial charge in [0.1, 0.15) is 5.75 Å². The molecule has 0 radical (unpaired) electrons. The number of piperazine rings is 1. The standard InChI is InChI=1S/C22H19Cl2N3O4/c23-14-5-6-19(17(24)11-14)31-13-21(29)26-7-9-27(10-8-26)22(30)16-12-20(28)25-18-4-2-1-3-15(16)18/h1-6,11-12H,7-10,13H2,(H,25,28). The van der Waals surface area contributed by atoms with Crippen molar-refractivity contribution in [3.8, 4) is 5.75 Å². The van der Waals surface area contributed by atoms with Gasteiger partial charge in [0.2, 0.25) is 5.56 Å². The molecule has 0 atom stereocenters. The van der Waals surface area contributed by atoms with Gasteiger partial charge in [-0.2, -0.15) is 0 Å². The molecule has 1 N–H and O–H groups in total. The molecule has 0 spiro atoms. The summed E-state index contributed by atoms with van der Waals surface area (Å²) < 4.78 is 5.51. The highest BCUT2D eigenvalue weighted by atomic mass is 35.5. The minimum Gasteiger partial charge on any atom is -0.482 e. The zero-order valence-corrected chi connectivity index (χ0v) is 17.9. The fourth-order valence-electron chi connectivity index (χ4n) is 3.53. The predicted octanol–water partition coefficient (Wildman–Crippen LogP) is 3.20. The number of carbonyl (C=O) groups is 2. The van der Waals surface area contributed by atoms with E-state index in [-0.39, 0.29) is 24.0 Å². The maximum atomic E-state index is 13.0. The normalized spacial score (nSPS) is 14.0. The van der Waals surface area contributed by atoms with Gasteiger partial charge in [0, 0.05) is 48.2 Å². The summed E-state index contributed by atoms with van der Waals surface area (Å²) in [6.45, 7) is 1.33. The van der Waals surface area contributed by atoms with E-state index in [4.69, 9.17) is 27.9 Å². The Hall–Kier alpha value is -3.03. The monoisotopic (exact) mass is 459 g/mol. The molecule has 2 amide bonds. The molecule has 0 bridgehead atoms. The number of aromatic nitrogens is 1. The van der Waals surface area contributed by atoms with Crippen LogP contribution in [-0.4, -0.2) is 59.4 Å². The average molecular weight is 460 g/mol. The van der Waals surface area contributed by atoms with Gasteiger partial charge in [-0.15, -0.1) is 0 Å². The Morgan fingerprint density at radius 3 is 2.42 bits per heavy atom. The van der Waals surface area contributed by atoms with Crippen molar-refractivity contribution in [2.24, 2.45) is 0 Å². The van der Waals surface area contributed by atoms with Crippen molar-refractivity contribution in [1.29, 1.82) is 0 Å². The number of nitrogens with zero attached hydrogens (tertiary/aromatic N) is 2. The van der Waals surface area contributed by atoms with Crippen molar-refractivity contribution in [2.75, 3.05) is 32.8 Å². The van der Waals surface area contributed by atoms with Crippen molar-refractivity contribution < 1.29 is 14.3 Å². The molecule has 1 saturated heterocycles. The van der Waals surface area contributed by atoms with Crippen LogP contribution in [0.2, 0.25) is 10.0 Å². The van der Waals surface area contributed by atoms with E-state index in [1.165, 1.54) is 6.07 Å². The smallest absolute Gasteiger partial charge is 0.260 e. The van der Waals surface area contributed by atoms with E-state index in [0.29, 0.717) is 58.4 Å². The number of halogens is 2. The van der Waals surface area contributed by atoms with Gasteiger partial charge in [0.15, 0.2) is 6.61 Å². The van der Waals surface area contributed by atoms with Crippen LogP contribution in [0.1, 0.15) is 10.4 Å². The Morgan fingerprint density at radius 2 is 1.68 bits per heavy atom. The summed E-state index contributed by atoms with van der Waals surface area (Å²) in [6, 6.07) is 13.3. The summed E-state index contributed by atoms with van der Waals surface area (Å²) in [7, 11) is 0. The van der Waals surface area contributed by atoms with Crippen LogP contribution >= 0.6 is 23.2 Å². The van der Waals surface area contributed by atoms with Gasteiger partial charge >= 0.3 is 0 Å². The number of rotatable bonds is 4. The second-order valence-corrected chi connectivity index (χ2v) is 7.97. The lowest BCUT2D eigenvalue weighted by atomic mass is 10.1. The number of pyridine rings is 1. The third kappa shape index (κ3) is 4.68. The van der Waals surface area contributed by atoms with Crippen LogP contribution in [0, 0.1) is 0 Å².